The minimum absolute atomic E-state index is 0.00533. The Balaban J connectivity index is 1.94. The summed E-state index contributed by atoms with van der Waals surface area (Å²) in [6, 6.07) is 0.510. The first-order valence-electron chi connectivity index (χ1n) is 6.88. The van der Waals surface area contributed by atoms with Crippen LogP contribution in [0.25, 0.3) is 0 Å². The minimum Gasteiger partial charge on any atom is -0.466 e. The molecule has 1 fully saturated rings. The third kappa shape index (κ3) is 6.59. The third-order valence-corrected chi connectivity index (χ3v) is 3.09. The molecule has 1 rings (SSSR count). The molecule has 0 heterocycles. The number of rotatable bonds is 8. The fourth-order valence-corrected chi connectivity index (χ4v) is 2.12. The smallest absolute Gasteiger partial charge is 0.305 e. The van der Waals surface area contributed by atoms with Crippen molar-refractivity contribution in [2.75, 3.05) is 19.7 Å². The van der Waals surface area contributed by atoms with Crippen LogP contribution < -0.4 is 10.6 Å². The molecule has 1 aliphatic rings. The predicted octanol–water partition coefficient (Wildman–Crippen LogP) is 0.978. The fraction of sp³-hybridized carbons (Fsp3) is 0.846. The average Bonchev–Trinajstić information content (AvgIpc) is 2.85. The van der Waals surface area contributed by atoms with Crippen LogP contribution in [-0.4, -0.2) is 37.6 Å². The molecule has 18 heavy (non-hydrogen) atoms. The summed E-state index contributed by atoms with van der Waals surface area (Å²) in [7, 11) is 0. The van der Waals surface area contributed by atoms with Gasteiger partial charge >= 0.3 is 5.97 Å². The van der Waals surface area contributed by atoms with Gasteiger partial charge in [-0.2, -0.15) is 0 Å². The molecule has 5 nitrogen and oxygen atoms in total. The molecule has 0 aromatic heterocycles. The Labute approximate surface area is 109 Å². The standard InChI is InChI=1S/C13H24N2O3/c1-2-18-13(17)8-5-9-14-12(16)10-15-11-6-3-4-7-11/h11,15H,2-10H2,1H3,(H,14,16). The van der Waals surface area contributed by atoms with Crippen LogP contribution in [0, 0.1) is 0 Å². The van der Waals surface area contributed by atoms with Gasteiger partial charge in [0.2, 0.25) is 5.91 Å². The van der Waals surface area contributed by atoms with E-state index in [1.165, 1.54) is 25.7 Å². The van der Waals surface area contributed by atoms with Gasteiger partial charge in [0.25, 0.3) is 0 Å². The number of carbonyl (C=O) groups excluding carboxylic acids is 2. The maximum Gasteiger partial charge on any atom is 0.305 e. The molecule has 0 aromatic rings. The molecule has 1 aliphatic carbocycles. The first-order valence-corrected chi connectivity index (χ1v) is 6.88. The number of ether oxygens (including phenoxy) is 1. The van der Waals surface area contributed by atoms with E-state index < -0.39 is 0 Å². The Morgan fingerprint density at radius 1 is 1.28 bits per heavy atom. The van der Waals surface area contributed by atoms with E-state index >= 15 is 0 Å². The zero-order chi connectivity index (χ0) is 13.2. The molecule has 0 bridgehead atoms. The maximum atomic E-state index is 11.5. The van der Waals surface area contributed by atoms with E-state index in [1.807, 2.05) is 0 Å². The van der Waals surface area contributed by atoms with Gasteiger partial charge in [-0.15, -0.1) is 0 Å². The highest BCUT2D eigenvalue weighted by Gasteiger charge is 2.14. The van der Waals surface area contributed by atoms with E-state index in [-0.39, 0.29) is 11.9 Å². The van der Waals surface area contributed by atoms with Crippen LogP contribution >= 0.6 is 0 Å². The SMILES string of the molecule is CCOC(=O)CCCNC(=O)CNC1CCCC1. The van der Waals surface area contributed by atoms with Crippen molar-refractivity contribution in [3.63, 3.8) is 0 Å². The Morgan fingerprint density at radius 3 is 2.67 bits per heavy atom. The van der Waals surface area contributed by atoms with Crippen LogP contribution in [0.3, 0.4) is 0 Å². The lowest BCUT2D eigenvalue weighted by molar-refractivity contribution is -0.143. The highest BCUT2D eigenvalue weighted by Crippen LogP contribution is 2.17. The average molecular weight is 256 g/mol. The summed E-state index contributed by atoms with van der Waals surface area (Å²) in [6.07, 6.45) is 5.88. The van der Waals surface area contributed by atoms with Crippen LogP contribution in [0.15, 0.2) is 0 Å². The third-order valence-electron chi connectivity index (χ3n) is 3.09. The van der Waals surface area contributed by atoms with Crippen molar-refractivity contribution >= 4 is 11.9 Å². The number of esters is 1. The number of carbonyl (C=O) groups is 2. The summed E-state index contributed by atoms with van der Waals surface area (Å²) >= 11 is 0. The van der Waals surface area contributed by atoms with Crippen molar-refractivity contribution in [2.45, 2.75) is 51.5 Å². The normalized spacial score (nSPS) is 15.6. The van der Waals surface area contributed by atoms with Crippen molar-refractivity contribution in [3.05, 3.63) is 0 Å². The van der Waals surface area contributed by atoms with Gasteiger partial charge in [0.15, 0.2) is 0 Å². The second-order valence-electron chi connectivity index (χ2n) is 4.62. The van der Waals surface area contributed by atoms with Crippen molar-refractivity contribution in [3.8, 4) is 0 Å². The van der Waals surface area contributed by atoms with Gasteiger partial charge in [0.1, 0.15) is 0 Å². The lowest BCUT2D eigenvalue weighted by Crippen LogP contribution is -2.38. The van der Waals surface area contributed by atoms with E-state index in [4.69, 9.17) is 4.74 Å². The topological polar surface area (TPSA) is 67.4 Å². The van der Waals surface area contributed by atoms with Gasteiger partial charge in [-0.05, 0) is 26.2 Å². The summed E-state index contributed by atoms with van der Waals surface area (Å²) in [5, 5.41) is 6.04. The molecule has 5 heteroatoms. The van der Waals surface area contributed by atoms with Crippen molar-refractivity contribution in [1.82, 2.24) is 10.6 Å². The lowest BCUT2D eigenvalue weighted by Gasteiger charge is -2.11. The summed E-state index contributed by atoms with van der Waals surface area (Å²) in [5.74, 6) is -0.193. The number of hydrogen-bond acceptors (Lipinski definition) is 4. The van der Waals surface area contributed by atoms with E-state index in [2.05, 4.69) is 10.6 Å². The molecule has 0 spiro atoms. The first kappa shape index (κ1) is 15.0. The number of nitrogens with one attached hydrogen (secondary N) is 2. The maximum absolute atomic E-state index is 11.5. The Bertz CT molecular complexity index is 263. The van der Waals surface area contributed by atoms with Crippen LogP contribution in [-0.2, 0) is 14.3 Å². The van der Waals surface area contributed by atoms with E-state index in [0.29, 0.717) is 38.6 Å². The lowest BCUT2D eigenvalue weighted by atomic mass is 10.2. The van der Waals surface area contributed by atoms with Crippen LogP contribution in [0.5, 0.6) is 0 Å². The van der Waals surface area contributed by atoms with Gasteiger partial charge in [0, 0.05) is 19.0 Å². The quantitative estimate of drug-likeness (QED) is 0.502. The van der Waals surface area contributed by atoms with Crippen molar-refractivity contribution in [1.29, 1.82) is 0 Å². The largest absolute Gasteiger partial charge is 0.466 e. The molecule has 0 unspecified atom stereocenters. The van der Waals surface area contributed by atoms with Gasteiger partial charge in [0.05, 0.1) is 13.2 Å². The van der Waals surface area contributed by atoms with Crippen LogP contribution in [0.1, 0.15) is 45.4 Å². The fourth-order valence-electron chi connectivity index (χ4n) is 2.12. The molecule has 0 radical (unpaired) electrons. The molecule has 0 atom stereocenters. The predicted molar refractivity (Wildman–Crippen MR) is 69.1 cm³/mol. The zero-order valence-electron chi connectivity index (χ0n) is 11.2. The minimum atomic E-state index is -0.198. The Hall–Kier alpha value is -1.10. The molecular formula is C13H24N2O3. The molecule has 1 saturated carbocycles. The van der Waals surface area contributed by atoms with E-state index in [0.717, 1.165) is 0 Å². The van der Waals surface area contributed by atoms with Gasteiger partial charge in [-0.25, -0.2) is 0 Å². The number of hydrogen-bond donors (Lipinski definition) is 2. The summed E-state index contributed by atoms with van der Waals surface area (Å²) in [4.78, 5) is 22.5. The van der Waals surface area contributed by atoms with Gasteiger partial charge in [-0.3, -0.25) is 9.59 Å². The molecule has 104 valence electrons. The van der Waals surface area contributed by atoms with Crippen molar-refractivity contribution in [2.24, 2.45) is 0 Å². The highest BCUT2D eigenvalue weighted by molar-refractivity contribution is 5.78. The molecular weight excluding hydrogens is 232 g/mol. The molecule has 0 aromatic carbocycles. The number of amides is 1. The Kier molecular flexibility index (Phi) is 7.41. The monoisotopic (exact) mass is 256 g/mol. The van der Waals surface area contributed by atoms with Crippen LogP contribution in [0.2, 0.25) is 0 Å². The second-order valence-corrected chi connectivity index (χ2v) is 4.62. The van der Waals surface area contributed by atoms with Gasteiger partial charge in [-0.1, -0.05) is 12.8 Å². The summed E-state index contributed by atoms with van der Waals surface area (Å²) in [6.45, 7) is 3.11. The van der Waals surface area contributed by atoms with Crippen molar-refractivity contribution < 1.29 is 14.3 Å². The highest BCUT2D eigenvalue weighted by atomic mass is 16.5. The van der Waals surface area contributed by atoms with Crippen LogP contribution in [0.4, 0.5) is 0 Å². The first-order chi connectivity index (χ1) is 8.72. The van der Waals surface area contributed by atoms with E-state index in [1.54, 1.807) is 6.92 Å². The summed E-state index contributed by atoms with van der Waals surface area (Å²) in [5.41, 5.74) is 0. The van der Waals surface area contributed by atoms with E-state index in [9.17, 15) is 9.59 Å². The molecule has 1 amide bonds. The zero-order valence-corrected chi connectivity index (χ0v) is 11.2. The molecule has 2 N–H and O–H groups in total. The molecule has 0 saturated heterocycles. The Morgan fingerprint density at radius 2 is 2.00 bits per heavy atom. The van der Waals surface area contributed by atoms with Gasteiger partial charge < -0.3 is 15.4 Å². The molecule has 0 aliphatic heterocycles. The second kappa shape index (κ2) is 8.91. The summed E-state index contributed by atoms with van der Waals surface area (Å²) < 4.78 is 4.80.